The van der Waals surface area contributed by atoms with Gasteiger partial charge in [-0.2, -0.15) is 5.26 Å². The van der Waals surface area contributed by atoms with Gasteiger partial charge in [-0.25, -0.2) is 0 Å². The van der Waals surface area contributed by atoms with Gasteiger partial charge in [-0.15, -0.1) is 0 Å². The maximum absolute atomic E-state index is 10.0. The topological polar surface area (TPSA) is 104 Å². The molecule has 0 atom stereocenters. The van der Waals surface area contributed by atoms with Crippen molar-refractivity contribution in [1.29, 1.82) is 5.26 Å². The minimum absolute atomic E-state index is 0.0599. The Labute approximate surface area is 138 Å². The number of ether oxygens (including phenoxy) is 3. The third-order valence-electron chi connectivity index (χ3n) is 3.12. The van der Waals surface area contributed by atoms with Crippen molar-refractivity contribution in [3.63, 3.8) is 0 Å². The molecule has 2 aromatic carbocycles. The Kier molecular flexibility index (Phi) is 5.86. The van der Waals surface area contributed by atoms with Crippen LogP contribution < -0.4 is 14.2 Å². The van der Waals surface area contributed by atoms with Crippen LogP contribution in [0, 0.1) is 11.3 Å². The van der Waals surface area contributed by atoms with E-state index in [1.165, 1.54) is 12.1 Å². The fraction of sp³-hybridized carbons (Fsp3) is 0.176. The lowest BCUT2D eigenvalue weighted by molar-refractivity contribution is 0.307. The van der Waals surface area contributed by atoms with E-state index in [4.69, 9.17) is 19.5 Å². The van der Waals surface area contributed by atoms with Crippen molar-refractivity contribution in [2.75, 3.05) is 20.3 Å². The molecule has 7 heteroatoms. The monoisotopic (exact) mass is 328 g/mol. The average Bonchev–Trinajstić information content (AvgIpc) is 2.62. The van der Waals surface area contributed by atoms with Gasteiger partial charge >= 0.3 is 0 Å². The minimum Gasteiger partial charge on any atom is -0.507 e. The average molecular weight is 328 g/mol. The van der Waals surface area contributed by atoms with Gasteiger partial charge in [-0.3, -0.25) is 0 Å². The number of methoxy groups -OCH3 is 1. The second kappa shape index (κ2) is 8.29. The van der Waals surface area contributed by atoms with Crippen molar-refractivity contribution >= 4 is 5.71 Å². The largest absolute Gasteiger partial charge is 0.507 e. The van der Waals surface area contributed by atoms with Crippen LogP contribution in [0.15, 0.2) is 47.6 Å². The van der Waals surface area contributed by atoms with Gasteiger partial charge in [-0.1, -0.05) is 11.2 Å². The second-order valence-electron chi connectivity index (χ2n) is 4.64. The predicted octanol–water partition coefficient (Wildman–Crippen LogP) is 2.56. The minimum atomic E-state index is -0.146. The van der Waals surface area contributed by atoms with E-state index >= 15 is 0 Å². The lowest BCUT2D eigenvalue weighted by Gasteiger charge is -2.11. The van der Waals surface area contributed by atoms with Crippen molar-refractivity contribution in [2.45, 2.75) is 0 Å². The summed E-state index contributed by atoms with van der Waals surface area (Å²) in [7, 11) is 1.55. The summed E-state index contributed by atoms with van der Waals surface area (Å²) in [6.07, 6.45) is 0. The molecule has 0 aliphatic carbocycles. The molecular weight excluding hydrogens is 312 g/mol. The second-order valence-corrected chi connectivity index (χ2v) is 4.64. The zero-order chi connectivity index (χ0) is 17.4. The number of hydrogen-bond donors (Lipinski definition) is 2. The van der Waals surface area contributed by atoms with Crippen LogP contribution >= 0.6 is 0 Å². The molecule has 2 rings (SSSR count). The van der Waals surface area contributed by atoms with Crippen molar-refractivity contribution in [3.05, 3.63) is 48.0 Å². The van der Waals surface area contributed by atoms with E-state index < -0.39 is 0 Å². The summed E-state index contributed by atoms with van der Waals surface area (Å²) in [5.41, 5.74) is 0.437. The SMILES string of the molecule is COc1cccc(OC/C(=N/O)c2ccc(OCC#N)cc2O)c1. The molecule has 0 fully saturated rings. The summed E-state index contributed by atoms with van der Waals surface area (Å²) >= 11 is 0. The molecule has 124 valence electrons. The summed E-state index contributed by atoms with van der Waals surface area (Å²) in [5, 5.41) is 30.9. The normalized spacial score (nSPS) is 10.8. The Hall–Kier alpha value is -3.40. The molecule has 0 saturated carbocycles. The number of phenols is 1. The fourth-order valence-electron chi connectivity index (χ4n) is 1.96. The number of oxime groups is 1. The van der Waals surface area contributed by atoms with Crippen LogP contribution in [0.2, 0.25) is 0 Å². The highest BCUT2D eigenvalue weighted by Crippen LogP contribution is 2.25. The first kappa shape index (κ1) is 17.0. The summed E-state index contributed by atoms with van der Waals surface area (Å²) in [6.45, 7) is -0.186. The molecular formula is C17H16N2O5. The lowest BCUT2D eigenvalue weighted by atomic mass is 10.1. The van der Waals surface area contributed by atoms with Gasteiger partial charge in [0.05, 0.1) is 7.11 Å². The number of rotatable bonds is 7. The molecule has 0 aliphatic heterocycles. The van der Waals surface area contributed by atoms with Crippen LogP contribution in [-0.2, 0) is 0 Å². The molecule has 0 saturated heterocycles. The predicted molar refractivity (Wildman–Crippen MR) is 86.0 cm³/mol. The number of hydrogen-bond acceptors (Lipinski definition) is 7. The number of nitriles is 1. The van der Waals surface area contributed by atoms with Crippen molar-refractivity contribution < 1.29 is 24.5 Å². The molecule has 0 aromatic heterocycles. The van der Waals surface area contributed by atoms with Crippen molar-refractivity contribution in [1.82, 2.24) is 0 Å². The molecule has 0 bridgehead atoms. The van der Waals surface area contributed by atoms with Gasteiger partial charge in [0.25, 0.3) is 0 Å². The molecule has 7 nitrogen and oxygen atoms in total. The zero-order valence-electron chi connectivity index (χ0n) is 13.0. The Morgan fingerprint density at radius 1 is 1.12 bits per heavy atom. The number of nitrogens with zero attached hydrogens (tertiary/aromatic N) is 2. The smallest absolute Gasteiger partial charge is 0.174 e. The summed E-state index contributed by atoms with van der Waals surface area (Å²) in [4.78, 5) is 0. The molecule has 2 aromatic rings. The van der Waals surface area contributed by atoms with Crippen molar-refractivity contribution in [3.8, 4) is 29.1 Å². The highest BCUT2D eigenvalue weighted by molar-refractivity contribution is 6.03. The van der Waals surface area contributed by atoms with E-state index in [2.05, 4.69) is 5.16 Å². The van der Waals surface area contributed by atoms with Gasteiger partial charge < -0.3 is 24.5 Å². The van der Waals surface area contributed by atoms with Crippen LogP contribution in [0.1, 0.15) is 5.56 Å². The highest BCUT2D eigenvalue weighted by atomic mass is 16.5. The van der Waals surface area contributed by atoms with Crippen LogP contribution in [-0.4, -0.2) is 36.3 Å². The highest BCUT2D eigenvalue weighted by Gasteiger charge is 2.12. The van der Waals surface area contributed by atoms with E-state index in [9.17, 15) is 10.3 Å². The van der Waals surface area contributed by atoms with Gasteiger partial charge in [-0.05, 0) is 24.3 Å². The van der Waals surface area contributed by atoms with E-state index in [0.717, 1.165) is 0 Å². The summed E-state index contributed by atoms with van der Waals surface area (Å²) < 4.78 is 15.7. The maximum atomic E-state index is 10.0. The molecule has 0 radical (unpaired) electrons. The first-order chi connectivity index (χ1) is 11.7. The molecule has 0 spiro atoms. The Balaban J connectivity index is 2.10. The third kappa shape index (κ3) is 4.30. The zero-order valence-corrected chi connectivity index (χ0v) is 13.0. The molecule has 0 heterocycles. The molecule has 2 N–H and O–H groups in total. The first-order valence-corrected chi connectivity index (χ1v) is 6.99. The summed E-state index contributed by atoms with van der Waals surface area (Å²) in [6, 6.07) is 13.2. The number of aromatic hydroxyl groups is 1. The maximum Gasteiger partial charge on any atom is 0.174 e. The van der Waals surface area contributed by atoms with E-state index in [0.29, 0.717) is 22.8 Å². The van der Waals surface area contributed by atoms with Gasteiger partial charge in [0.15, 0.2) is 6.61 Å². The third-order valence-corrected chi connectivity index (χ3v) is 3.12. The lowest BCUT2D eigenvalue weighted by Crippen LogP contribution is -2.13. The number of benzene rings is 2. The van der Waals surface area contributed by atoms with Gasteiger partial charge in [0.1, 0.15) is 41.4 Å². The quantitative estimate of drug-likeness (QED) is 0.460. The van der Waals surface area contributed by atoms with E-state index in [1.807, 2.05) is 6.07 Å². The van der Waals surface area contributed by atoms with Gasteiger partial charge in [0.2, 0.25) is 0 Å². The van der Waals surface area contributed by atoms with E-state index in [-0.39, 0.29) is 24.7 Å². The molecule has 0 amide bonds. The van der Waals surface area contributed by atoms with Crippen LogP contribution in [0.5, 0.6) is 23.0 Å². The Bertz CT molecular complexity index is 768. The molecule has 0 aliphatic rings. The fourth-order valence-corrected chi connectivity index (χ4v) is 1.96. The summed E-state index contributed by atoms with van der Waals surface area (Å²) in [5.74, 6) is 1.36. The Morgan fingerprint density at radius 2 is 1.88 bits per heavy atom. The standard InChI is InChI=1S/C17H16N2O5/c1-22-12-3-2-4-13(9-12)24-11-16(19-21)15-6-5-14(10-17(15)20)23-8-7-18/h2-6,9-10,20-21H,8,11H2,1H3/b19-16-. The first-order valence-electron chi connectivity index (χ1n) is 6.99. The van der Waals surface area contributed by atoms with Crippen LogP contribution in [0.3, 0.4) is 0 Å². The molecule has 24 heavy (non-hydrogen) atoms. The van der Waals surface area contributed by atoms with Crippen molar-refractivity contribution in [2.24, 2.45) is 5.16 Å². The van der Waals surface area contributed by atoms with Crippen LogP contribution in [0.25, 0.3) is 0 Å². The van der Waals surface area contributed by atoms with E-state index in [1.54, 1.807) is 37.4 Å². The Morgan fingerprint density at radius 3 is 2.54 bits per heavy atom. The number of phenolic OH excluding ortho intramolecular Hbond substituents is 1. The van der Waals surface area contributed by atoms with Gasteiger partial charge in [0, 0.05) is 17.7 Å². The van der Waals surface area contributed by atoms with Crippen LogP contribution in [0.4, 0.5) is 0 Å². The molecule has 0 unspecified atom stereocenters.